The lowest BCUT2D eigenvalue weighted by Gasteiger charge is -2.51. The number of nitrogens with zero attached hydrogens (tertiary/aromatic N) is 4. The fourth-order valence-electron chi connectivity index (χ4n) is 4.55. The zero-order valence-corrected chi connectivity index (χ0v) is 22.8. The molecule has 3 aromatic carbocycles. The summed E-state index contributed by atoms with van der Waals surface area (Å²) in [7, 11) is 1.63. The molecule has 1 atom stereocenters. The van der Waals surface area contributed by atoms with E-state index in [4.69, 9.17) is 4.74 Å². The number of hydrogen-bond acceptors (Lipinski definition) is 5. The maximum absolute atomic E-state index is 13.3. The summed E-state index contributed by atoms with van der Waals surface area (Å²) < 4.78 is 32.1. The van der Waals surface area contributed by atoms with Crippen molar-refractivity contribution in [2.45, 2.75) is 19.3 Å². The number of carbonyl (C=O) groups excluding carboxylic acids is 3. The SMILES string of the molecule is CN1CC(=O)N2CC(=O)N(CCOCc3cccc(F)c3)CC2N1C(=O)NCc1ccc(F)cc1.c1ccccc1. The molecule has 2 aliphatic rings. The highest BCUT2D eigenvalue weighted by atomic mass is 19.1. The lowest BCUT2D eigenvalue weighted by molar-refractivity contribution is -0.178. The Morgan fingerprint density at radius 3 is 2.22 bits per heavy atom. The molecule has 0 bridgehead atoms. The van der Waals surface area contributed by atoms with Crippen LogP contribution in [0.4, 0.5) is 13.6 Å². The van der Waals surface area contributed by atoms with Gasteiger partial charge in [0.1, 0.15) is 24.3 Å². The Morgan fingerprint density at radius 2 is 1.56 bits per heavy atom. The van der Waals surface area contributed by atoms with E-state index in [-0.39, 0.29) is 69.4 Å². The Balaban J connectivity index is 0.000000572. The van der Waals surface area contributed by atoms with Crippen molar-refractivity contribution in [3.8, 4) is 0 Å². The topological polar surface area (TPSA) is 85.4 Å². The molecule has 0 spiro atoms. The van der Waals surface area contributed by atoms with Crippen LogP contribution in [-0.4, -0.2) is 83.7 Å². The molecule has 0 aliphatic carbocycles. The monoisotopic (exact) mass is 565 g/mol. The summed E-state index contributed by atoms with van der Waals surface area (Å²) in [5.41, 5.74) is 1.41. The van der Waals surface area contributed by atoms with Crippen LogP contribution in [0.25, 0.3) is 0 Å². The second-order valence-corrected chi connectivity index (χ2v) is 9.62. The minimum Gasteiger partial charge on any atom is -0.375 e. The second kappa shape index (κ2) is 14.3. The van der Waals surface area contributed by atoms with Crippen LogP contribution >= 0.6 is 0 Å². The fraction of sp³-hybridized carbons (Fsp3) is 0.300. The lowest BCUT2D eigenvalue weighted by Crippen LogP contribution is -2.73. The molecule has 41 heavy (non-hydrogen) atoms. The van der Waals surface area contributed by atoms with Gasteiger partial charge in [0.15, 0.2) is 0 Å². The molecule has 1 unspecified atom stereocenters. The summed E-state index contributed by atoms with van der Waals surface area (Å²) in [6, 6.07) is 23.4. The van der Waals surface area contributed by atoms with Gasteiger partial charge < -0.3 is 19.9 Å². The first-order valence-corrected chi connectivity index (χ1v) is 13.2. The van der Waals surface area contributed by atoms with Crippen LogP contribution in [0.2, 0.25) is 0 Å². The number of urea groups is 1. The number of carbonyl (C=O) groups is 3. The van der Waals surface area contributed by atoms with E-state index in [1.807, 2.05) is 36.4 Å². The number of ether oxygens (including phenoxy) is 1. The van der Waals surface area contributed by atoms with Gasteiger partial charge in [0, 0.05) is 20.1 Å². The van der Waals surface area contributed by atoms with Crippen LogP contribution < -0.4 is 5.32 Å². The number of fused-ring (bicyclic) bond motifs is 1. The average Bonchev–Trinajstić information content (AvgIpc) is 2.97. The first kappa shape index (κ1) is 29.6. The number of hydrazine groups is 1. The summed E-state index contributed by atoms with van der Waals surface area (Å²) in [6.45, 7) is 0.821. The Morgan fingerprint density at radius 1 is 0.878 bits per heavy atom. The summed E-state index contributed by atoms with van der Waals surface area (Å²) in [4.78, 5) is 41.3. The van der Waals surface area contributed by atoms with Gasteiger partial charge in [-0.1, -0.05) is 60.7 Å². The van der Waals surface area contributed by atoms with Gasteiger partial charge in [-0.3, -0.25) is 9.59 Å². The van der Waals surface area contributed by atoms with E-state index in [0.717, 1.165) is 5.56 Å². The first-order valence-electron chi connectivity index (χ1n) is 13.2. The van der Waals surface area contributed by atoms with E-state index < -0.39 is 12.2 Å². The molecule has 1 N–H and O–H groups in total. The van der Waals surface area contributed by atoms with Crippen molar-refractivity contribution in [1.29, 1.82) is 0 Å². The van der Waals surface area contributed by atoms with Gasteiger partial charge in [0.2, 0.25) is 11.8 Å². The van der Waals surface area contributed by atoms with E-state index in [9.17, 15) is 23.2 Å². The predicted molar refractivity (Wildman–Crippen MR) is 148 cm³/mol. The Kier molecular flexibility index (Phi) is 10.4. The van der Waals surface area contributed by atoms with Crippen molar-refractivity contribution >= 4 is 17.8 Å². The maximum Gasteiger partial charge on any atom is 0.334 e. The second-order valence-electron chi connectivity index (χ2n) is 9.62. The summed E-state index contributed by atoms with van der Waals surface area (Å²) in [5.74, 6) is -1.19. The molecule has 4 amide bonds. The number of rotatable bonds is 7. The van der Waals surface area contributed by atoms with Crippen LogP contribution in [0.3, 0.4) is 0 Å². The molecule has 0 saturated carbocycles. The molecular weight excluding hydrogens is 532 g/mol. The van der Waals surface area contributed by atoms with E-state index >= 15 is 0 Å². The molecule has 0 radical (unpaired) electrons. The lowest BCUT2D eigenvalue weighted by atomic mass is 10.2. The summed E-state index contributed by atoms with van der Waals surface area (Å²) >= 11 is 0. The average molecular weight is 566 g/mol. The molecule has 2 saturated heterocycles. The smallest absolute Gasteiger partial charge is 0.334 e. The quantitative estimate of drug-likeness (QED) is 0.445. The van der Waals surface area contributed by atoms with Crippen LogP contribution in [-0.2, 0) is 27.5 Å². The molecule has 2 heterocycles. The van der Waals surface area contributed by atoms with E-state index in [1.54, 1.807) is 36.2 Å². The third kappa shape index (κ3) is 8.32. The first-order chi connectivity index (χ1) is 19.8. The third-order valence-corrected chi connectivity index (χ3v) is 6.63. The van der Waals surface area contributed by atoms with Crippen LogP contribution in [0.5, 0.6) is 0 Å². The van der Waals surface area contributed by atoms with Gasteiger partial charge in [0.25, 0.3) is 0 Å². The van der Waals surface area contributed by atoms with Crippen molar-refractivity contribution in [3.63, 3.8) is 0 Å². The molecule has 2 fully saturated rings. The molecule has 3 aromatic rings. The van der Waals surface area contributed by atoms with E-state index in [1.165, 1.54) is 39.2 Å². The summed E-state index contributed by atoms with van der Waals surface area (Å²) in [6.07, 6.45) is -0.671. The van der Waals surface area contributed by atoms with Crippen molar-refractivity contribution in [2.24, 2.45) is 0 Å². The summed E-state index contributed by atoms with van der Waals surface area (Å²) in [5, 5.41) is 5.75. The Bertz CT molecular complexity index is 1290. The molecule has 11 heteroatoms. The van der Waals surface area contributed by atoms with Crippen molar-refractivity contribution in [2.75, 3.05) is 39.8 Å². The van der Waals surface area contributed by atoms with Crippen LogP contribution in [0, 0.1) is 11.6 Å². The number of likely N-dealkylation sites (N-methyl/N-ethyl adjacent to an activating group) is 1. The number of piperazine rings is 1. The van der Waals surface area contributed by atoms with Gasteiger partial charge in [0.05, 0.1) is 26.3 Å². The maximum atomic E-state index is 13.3. The number of benzene rings is 3. The predicted octanol–water partition coefficient (Wildman–Crippen LogP) is 3.24. The van der Waals surface area contributed by atoms with E-state index in [2.05, 4.69) is 5.32 Å². The highest BCUT2D eigenvalue weighted by Crippen LogP contribution is 2.21. The highest BCUT2D eigenvalue weighted by Gasteiger charge is 2.45. The van der Waals surface area contributed by atoms with E-state index in [0.29, 0.717) is 5.56 Å². The minimum absolute atomic E-state index is 0.0372. The molecule has 0 aromatic heterocycles. The molecule has 216 valence electrons. The van der Waals surface area contributed by atoms with Crippen molar-refractivity contribution in [3.05, 3.63) is 108 Å². The van der Waals surface area contributed by atoms with Gasteiger partial charge in [-0.25, -0.2) is 23.6 Å². The van der Waals surface area contributed by atoms with Gasteiger partial charge in [-0.15, -0.1) is 0 Å². The van der Waals surface area contributed by atoms with Gasteiger partial charge in [-0.05, 0) is 35.4 Å². The Hall–Kier alpha value is -4.35. The molecule has 5 rings (SSSR count). The van der Waals surface area contributed by atoms with Crippen LogP contribution in [0.1, 0.15) is 11.1 Å². The molecule has 2 aliphatic heterocycles. The zero-order valence-electron chi connectivity index (χ0n) is 22.8. The highest BCUT2D eigenvalue weighted by molar-refractivity contribution is 5.89. The number of hydrogen-bond donors (Lipinski definition) is 1. The zero-order chi connectivity index (χ0) is 29.2. The van der Waals surface area contributed by atoms with Gasteiger partial charge >= 0.3 is 6.03 Å². The van der Waals surface area contributed by atoms with Crippen LogP contribution in [0.15, 0.2) is 84.9 Å². The Labute approximate surface area is 237 Å². The fourth-order valence-corrected chi connectivity index (χ4v) is 4.55. The largest absolute Gasteiger partial charge is 0.375 e. The normalized spacial score (nSPS) is 17.0. The third-order valence-electron chi connectivity index (χ3n) is 6.63. The number of nitrogens with one attached hydrogen (secondary N) is 1. The molecule has 9 nitrogen and oxygen atoms in total. The van der Waals surface area contributed by atoms with Crippen molar-refractivity contribution in [1.82, 2.24) is 25.1 Å². The van der Waals surface area contributed by atoms with Gasteiger partial charge in [-0.2, -0.15) is 0 Å². The molecular formula is C30H33F2N5O4. The minimum atomic E-state index is -0.671. The van der Waals surface area contributed by atoms with Crippen molar-refractivity contribution < 1.29 is 27.9 Å². The number of amides is 4. The number of halogens is 2. The standard InChI is InChI=1S/C24H27F2N5O4.C6H6/c1-28-14-23(33)30-15-22(32)29(9-10-35-16-18-3-2-4-20(26)11-18)13-21(30)31(28)24(34)27-12-17-5-7-19(25)8-6-17;1-2-4-6-5-3-1/h2-8,11,21H,9-10,12-16H2,1H3,(H,27,34);1-6H.